The molecule has 1 aromatic rings. The minimum absolute atomic E-state index is 0.0247. The van der Waals surface area contributed by atoms with Gasteiger partial charge in [0.15, 0.2) is 0 Å². The van der Waals surface area contributed by atoms with Crippen molar-refractivity contribution in [3.05, 3.63) is 35.9 Å². The van der Waals surface area contributed by atoms with E-state index < -0.39 is 5.41 Å². The summed E-state index contributed by atoms with van der Waals surface area (Å²) in [6, 6.07) is 12.3. The second kappa shape index (κ2) is 6.28. The van der Waals surface area contributed by atoms with Crippen LogP contribution in [0.5, 0.6) is 0 Å². The third-order valence-corrected chi connectivity index (χ3v) is 4.45. The van der Waals surface area contributed by atoms with Crippen molar-refractivity contribution < 1.29 is 4.79 Å². The quantitative estimate of drug-likeness (QED) is 0.857. The molecular weight excluding hydrogens is 262 g/mol. The first-order valence-corrected chi connectivity index (χ1v) is 7.47. The molecule has 0 aliphatic carbocycles. The number of hydrogen-bond acceptors (Lipinski definition) is 3. The molecule has 1 fully saturated rings. The van der Waals surface area contributed by atoms with Crippen LogP contribution in [0.3, 0.4) is 0 Å². The van der Waals surface area contributed by atoms with Gasteiger partial charge in [0, 0.05) is 19.6 Å². The predicted octanol–water partition coefficient (Wildman–Crippen LogP) is 2.44. The fourth-order valence-corrected chi connectivity index (χ4v) is 2.72. The van der Waals surface area contributed by atoms with E-state index >= 15 is 0 Å². The maximum absolute atomic E-state index is 12.9. The number of nitriles is 1. The predicted molar refractivity (Wildman–Crippen MR) is 82.4 cm³/mol. The molecule has 2 unspecified atom stereocenters. The minimum Gasteiger partial charge on any atom is -0.332 e. The van der Waals surface area contributed by atoms with E-state index in [4.69, 9.17) is 0 Å². The number of amides is 1. The van der Waals surface area contributed by atoms with E-state index in [1.54, 1.807) is 6.92 Å². The molecular formula is C17H23N3O. The van der Waals surface area contributed by atoms with Crippen molar-refractivity contribution in [2.75, 3.05) is 26.7 Å². The summed E-state index contributed by atoms with van der Waals surface area (Å²) in [5, 5.41) is 9.39. The number of benzene rings is 1. The molecule has 4 heteroatoms. The summed E-state index contributed by atoms with van der Waals surface area (Å²) >= 11 is 0. The van der Waals surface area contributed by atoms with Crippen molar-refractivity contribution in [2.24, 2.45) is 5.41 Å². The van der Waals surface area contributed by atoms with E-state index in [1.165, 1.54) is 0 Å². The first-order chi connectivity index (χ1) is 10.0. The van der Waals surface area contributed by atoms with Gasteiger partial charge in [-0.15, -0.1) is 0 Å². The van der Waals surface area contributed by atoms with Crippen LogP contribution in [0.4, 0.5) is 0 Å². The maximum Gasteiger partial charge on any atom is 0.243 e. The fraction of sp³-hybridized carbons (Fsp3) is 0.529. The summed E-state index contributed by atoms with van der Waals surface area (Å²) in [5.41, 5.74) is 0.206. The summed E-state index contributed by atoms with van der Waals surface area (Å²) in [6.07, 6.45) is 0.538. The molecule has 1 heterocycles. The van der Waals surface area contributed by atoms with Crippen LogP contribution in [-0.2, 0) is 4.79 Å². The molecule has 2 rings (SSSR count). The van der Waals surface area contributed by atoms with Gasteiger partial charge in [0.05, 0.1) is 12.1 Å². The standard InChI is InChI=1S/C17H23N3O/c1-4-17(2,13-18)16(21)20-11-10-19(3)12-15(20)14-8-6-5-7-9-14/h5-9,15H,4,10-12H2,1-3H3. The maximum atomic E-state index is 12.9. The number of hydrogen-bond donors (Lipinski definition) is 0. The Kier molecular flexibility index (Phi) is 4.64. The highest BCUT2D eigenvalue weighted by Gasteiger charge is 2.40. The zero-order valence-corrected chi connectivity index (χ0v) is 13.0. The number of carbonyl (C=O) groups excluding carboxylic acids is 1. The van der Waals surface area contributed by atoms with Crippen LogP contribution >= 0.6 is 0 Å². The Balaban J connectivity index is 2.32. The van der Waals surface area contributed by atoms with Crippen molar-refractivity contribution in [3.8, 4) is 6.07 Å². The van der Waals surface area contributed by atoms with Gasteiger partial charge in [-0.25, -0.2) is 0 Å². The van der Waals surface area contributed by atoms with Gasteiger partial charge in [-0.2, -0.15) is 5.26 Å². The zero-order valence-electron chi connectivity index (χ0n) is 13.0. The molecule has 0 spiro atoms. The molecule has 1 aliphatic rings. The van der Waals surface area contributed by atoms with Gasteiger partial charge < -0.3 is 9.80 Å². The lowest BCUT2D eigenvalue weighted by atomic mass is 9.86. The molecule has 0 N–H and O–H groups in total. The largest absolute Gasteiger partial charge is 0.332 e. The molecule has 21 heavy (non-hydrogen) atoms. The average molecular weight is 285 g/mol. The molecule has 112 valence electrons. The van der Waals surface area contributed by atoms with Crippen molar-refractivity contribution in [2.45, 2.75) is 26.3 Å². The Bertz CT molecular complexity index is 537. The highest BCUT2D eigenvalue weighted by atomic mass is 16.2. The van der Waals surface area contributed by atoms with Crippen LogP contribution in [-0.4, -0.2) is 42.4 Å². The Morgan fingerprint density at radius 3 is 2.62 bits per heavy atom. The highest BCUT2D eigenvalue weighted by molar-refractivity contribution is 5.85. The first-order valence-electron chi connectivity index (χ1n) is 7.47. The second-order valence-electron chi connectivity index (χ2n) is 5.98. The van der Waals surface area contributed by atoms with Crippen LogP contribution in [0.25, 0.3) is 0 Å². The molecule has 0 saturated carbocycles. The second-order valence-corrected chi connectivity index (χ2v) is 5.98. The van der Waals surface area contributed by atoms with Gasteiger partial charge in [0.25, 0.3) is 0 Å². The number of carbonyl (C=O) groups is 1. The van der Waals surface area contributed by atoms with E-state index in [-0.39, 0.29) is 11.9 Å². The van der Waals surface area contributed by atoms with Gasteiger partial charge in [-0.05, 0) is 26.0 Å². The minimum atomic E-state index is -0.928. The van der Waals surface area contributed by atoms with Crippen molar-refractivity contribution in [1.82, 2.24) is 9.80 Å². The summed E-state index contributed by atoms with van der Waals surface area (Å²) in [6.45, 7) is 5.97. The van der Waals surface area contributed by atoms with Gasteiger partial charge in [0.1, 0.15) is 5.41 Å². The lowest BCUT2D eigenvalue weighted by Crippen LogP contribution is -2.53. The van der Waals surface area contributed by atoms with Crippen LogP contribution in [0.2, 0.25) is 0 Å². The van der Waals surface area contributed by atoms with Gasteiger partial charge in [-0.1, -0.05) is 37.3 Å². The van der Waals surface area contributed by atoms with E-state index in [9.17, 15) is 10.1 Å². The molecule has 2 atom stereocenters. The smallest absolute Gasteiger partial charge is 0.243 e. The summed E-state index contributed by atoms with van der Waals surface area (Å²) in [4.78, 5) is 17.0. The topological polar surface area (TPSA) is 47.3 Å². The van der Waals surface area contributed by atoms with Crippen LogP contribution in [0.15, 0.2) is 30.3 Å². The SMILES string of the molecule is CCC(C)(C#N)C(=O)N1CCN(C)CC1c1ccccc1. The van der Waals surface area contributed by atoms with Crippen molar-refractivity contribution in [1.29, 1.82) is 5.26 Å². The highest BCUT2D eigenvalue weighted by Crippen LogP contribution is 2.31. The monoisotopic (exact) mass is 285 g/mol. The van der Waals surface area contributed by atoms with Crippen LogP contribution < -0.4 is 0 Å². The number of rotatable bonds is 3. The Morgan fingerprint density at radius 1 is 1.38 bits per heavy atom. The van der Waals surface area contributed by atoms with Crippen molar-refractivity contribution >= 4 is 5.91 Å². The molecule has 1 aromatic carbocycles. The summed E-state index contributed by atoms with van der Waals surface area (Å²) in [7, 11) is 2.07. The average Bonchev–Trinajstić information content (AvgIpc) is 2.54. The Morgan fingerprint density at radius 2 is 2.05 bits per heavy atom. The van der Waals surface area contributed by atoms with Gasteiger partial charge >= 0.3 is 0 Å². The zero-order chi connectivity index (χ0) is 15.5. The van der Waals surface area contributed by atoms with Gasteiger partial charge in [0.2, 0.25) is 5.91 Å². The summed E-state index contributed by atoms with van der Waals surface area (Å²) in [5.74, 6) is -0.0468. The van der Waals surface area contributed by atoms with Crippen LogP contribution in [0.1, 0.15) is 31.9 Å². The summed E-state index contributed by atoms with van der Waals surface area (Å²) < 4.78 is 0. The first kappa shape index (κ1) is 15.5. The molecule has 0 aromatic heterocycles. The third kappa shape index (κ3) is 3.08. The fourth-order valence-electron chi connectivity index (χ4n) is 2.72. The molecule has 1 amide bonds. The van der Waals surface area contributed by atoms with Gasteiger partial charge in [-0.3, -0.25) is 4.79 Å². The van der Waals surface area contributed by atoms with E-state index in [0.717, 1.165) is 18.7 Å². The molecule has 0 radical (unpaired) electrons. The Labute approximate surface area is 127 Å². The third-order valence-electron chi connectivity index (χ3n) is 4.45. The molecule has 0 bridgehead atoms. The van der Waals surface area contributed by atoms with Crippen molar-refractivity contribution in [3.63, 3.8) is 0 Å². The normalized spacial score (nSPS) is 22.4. The van der Waals surface area contributed by atoms with E-state index in [1.807, 2.05) is 30.0 Å². The molecule has 4 nitrogen and oxygen atoms in total. The van der Waals surface area contributed by atoms with E-state index in [2.05, 4.69) is 30.1 Å². The lowest BCUT2D eigenvalue weighted by Gasteiger charge is -2.42. The number of likely N-dealkylation sites (N-methyl/N-ethyl adjacent to an activating group) is 1. The van der Waals surface area contributed by atoms with E-state index in [0.29, 0.717) is 13.0 Å². The number of nitrogens with zero attached hydrogens (tertiary/aromatic N) is 3. The Hall–Kier alpha value is -1.86. The molecule has 1 aliphatic heterocycles. The molecule has 1 saturated heterocycles. The lowest BCUT2D eigenvalue weighted by molar-refractivity contribution is -0.143. The number of piperazine rings is 1. The van der Waals surface area contributed by atoms with Crippen LogP contribution in [0, 0.1) is 16.7 Å².